The maximum Gasteiger partial charge on any atom is 0.245 e. The molecule has 20 N–H and O–H groups in total. The van der Waals surface area contributed by atoms with E-state index in [0.717, 1.165) is 11.1 Å². The van der Waals surface area contributed by atoms with Crippen LogP contribution in [-0.2, 0) is 54.4 Å². The molecule has 0 spiro atoms. The van der Waals surface area contributed by atoms with E-state index in [1.54, 1.807) is 39.8 Å². The van der Waals surface area contributed by atoms with Crippen LogP contribution in [0.25, 0.3) is 11.1 Å². The monoisotopic (exact) mass is 1120 g/mol. The van der Waals surface area contributed by atoms with Gasteiger partial charge in [0.15, 0.2) is 0 Å². The fourth-order valence-corrected chi connectivity index (χ4v) is 8.68. The van der Waals surface area contributed by atoms with E-state index < -0.39 is 139 Å². The zero-order chi connectivity index (χ0) is 59.6. The Morgan fingerprint density at radius 1 is 0.550 bits per heavy atom. The number of carbonyl (C=O) groups is 10. The van der Waals surface area contributed by atoms with Crippen molar-refractivity contribution in [3.63, 3.8) is 0 Å². The Bertz CT molecular complexity index is 2380. The first-order valence-corrected chi connectivity index (χ1v) is 27.2. The Hall–Kier alpha value is -7.10. The van der Waals surface area contributed by atoms with Gasteiger partial charge in [0.05, 0.1) is 18.6 Å². The van der Waals surface area contributed by atoms with Gasteiger partial charge in [0.25, 0.3) is 0 Å². The summed E-state index contributed by atoms with van der Waals surface area (Å²) in [4.78, 5) is 139. The third-order valence-corrected chi connectivity index (χ3v) is 13.0. The number of benzene rings is 2. The minimum Gasteiger partial charge on any atom is -0.391 e. The molecule has 26 nitrogen and oxygen atoms in total. The van der Waals surface area contributed by atoms with Crippen molar-refractivity contribution in [3.05, 3.63) is 60.2 Å². The number of aliphatic hydroxyl groups is 2. The lowest BCUT2D eigenvalue weighted by atomic mass is 9.99. The predicted molar refractivity (Wildman–Crippen MR) is 298 cm³/mol. The van der Waals surface area contributed by atoms with Crippen molar-refractivity contribution in [2.24, 2.45) is 34.8 Å². The number of nitrogens with two attached hydrogens (primary N) is 4. The van der Waals surface area contributed by atoms with Gasteiger partial charge in [-0.25, -0.2) is 0 Å². The summed E-state index contributed by atoms with van der Waals surface area (Å²) in [7, 11) is 0. The number of carbonyl (C=O) groups excluding carboxylic acids is 10. The van der Waals surface area contributed by atoms with Crippen LogP contribution in [0.5, 0.6) is 0 Å². The van der Waals surface area contributed by atoms with Gasteiger partial charge in [-0.15, -0.1) is 0 Å². The highest BCUT2D eigenvalue weighted by atomic mass is 16.3. The summed E-state index contributed by atoms with van der Waals surface area (Å²) in [6.07, 6.45) is -4.12. The average Bonchev–Trinajstić information content (AvgIpc) is 3.41. The first kappa shape index (κ1) is 67.2. The molecule has 0 aliphatic carbocycles. The molecule has 444 valence electrons. The Balaban J connectivity index is 2.01. The van der Waals surface area contributed by atoms with Crippen LogP contribution in [-0.4, -0.2) is 169 Å². The van der Waals surface area contributed by atoms with Gasteiger partial charge < -0.3 is 86.3 Å². The molecule has 26 heteroatoms. The lowest BCUT2D eigenvalue weighted by Gasteiger charge is -2.29. The number of nitrogens with one attached hydrogen (secondary N) is 10. The standard InChI is InChI=1S/C54H86N14O12/c1-29(2)26-41-51(77)62-36(16-21-55)46(72)61-39(19-24-58)50(76)68-44(31(5)69)53(79)59-25-20-40(49(75)60-37(17-22-56)48(74)65-42(27-30(3)4)52(78)66-41)63-47(73)38(18-23-57)64-54(80)45(32(6)70)67-43(71)28-33-12-14-35(15-13-33)34-10-8-7-9-11-34/h7-15,29-32,36-42,44-45,69-70H,16-28,55-58H2,1-6H3,(H,59,79)(H,60,75)(H,61,72)(H,62,77)(H,63,73)(H,64,80)(H,65,74)(H,66,78)(H,67,71)(H,68,76)/t31-,32-,36+,37+,38+,39+,40+,41+,42-,44+,45+/m1/s1. The number of hydrogen-bond donors (Lipinski definition) is 16. The summed E-state index contributed by atoms with van der Waals surface area (Å²) in [5.41, 5.74) is 26.0. The molecule has 0 aromatic heterocycles. The van der Waals surface area contributed by atoms with E-state index in [-0.39, 0.29) is 83.0 Å². The molecule has 1 saturated heterocycles. The van der Waals surface area contributed by atoms with Crippen molar-refractivity contribution >= 4 is 59.1 Å². The summed E-state index contributed by atoms with van der Waals surface area (Å²) >= 11 is 0. The smallest absolute Gasteiger partial charge is 0.245 e. The largest absolute Gasteiger partial charge is 0.391 e. The number of aliphatic hydroxyl groups excluding tert-OH is 2. The molecule has 1 aliphatic rings. The first-order valence-electron chi connectivity index (χ1n) is 27.2. The summed E-state index contributed by atoms with van der Waals surface area (Å²) in [6, 6.07) is 3.76. The minimum absolute atomic E-state index is 0.0579. The molecule has 0 unspecified atom stereocenters. The molecular formula is C54H86N14O12. The first-order chi connectivity index (χ1) is 37.9. The van der Waals surface area contributed by atoms with Crippen LogP contribution in [0.2, 0.25) is 0 Å². The van der Waals surface area contributed by atoms with Crippen molar-refractivity contribution < 1.29 is 58.2 Å². The Kier molecular flexibility index (Phi) is 28.7. The van der Waals surface area contributed by atoms with Gasteiger partial charge in [-0.3, -0.25) is 47.9 Å². The molecule has 1 heterocycles. The van der Waals surface area contributed by atoms with Gasteiger partial charge >= 0.3 is 0 Å². The lowest BCUT2D eigenvalue weighted by Crippen LogP contribution is -2.61. The molecule has 2 aromatic rings. The maximum atomic E-state index is 14.4. The quantitative estimate of drug-likeness (QED) is 0.0535. The van der Waals surface area contributed by atoms with Crippen LogP contribution in [0.15, 0.2) is 54.6 Å². The summed E-state index contributed by atoms with van der Waals surface area (Å²) < 4.78 is 0. The normalized spacial score (nSPS) is 22.9. The summed E-state index contributed by atoms with van der Waals surface area (Å²) in [6.45, 7) is 8.66. The van der Waals surface area contributed by atoms with Crippen molar-refractivity contribution in [2.75, 3.05) is 32.7 Å². The molecule has 1 fully saturated rings. The molecule has 10 amide bonds. The predicted octanol–water partition coefficient (Wildman–Crippen LogP) is -3.97. The van der Waals surface area contributed by atoms with E-state index in [0.29, 0.717) is 5.56 Å². The average molecular weight is 1120 g/mol. The maximum absolute atomic E-state index is 14.4. The second kappa shape index (κ2) is 34.1. The van der Waals surface area contributed by atoms with E-state index in [1.807, 2.05) is 42.5 Å². The van der Waals surface area contributed by atoms with Gasteiger partial charge in [0.2, 0.25) is 59.1 Å². The van der Waals surface area contributed by atoms with E-state index in [4.69, 9.17) is 22.9 Å². The second-order valence-electron chi connectivity index (χ2n) is 20.8. The van der Waals surface area contributed by atoms with Crippen molar-refractivity contribution in [1.29, 1.82) is 0 Å². The molecule has 0 saturated carbocycles. The molecule has 2 aromatic carbocycles. The Morgan fingerprint density at radius 2 is 1.00 bits per heavy atom. The molecule has 3 rings (SSSR count). The van der Waals surface area contributed by atoms with Crippen LogP contribution < -0.4 is 76.1 Å². The lowest BCUT2D eigenvalue weighted by molar-refractivity contribution is -0.136. The van der Waals surface area contributed by atoms with Gasteiger partial charge in [-0.1, -0.05) is 82.3 Å². The van der Waals surface area contributed by atoms with E-state index in [1.165, 1.54) is 13.8 Å². The van der Waals surface area contributed by atoms with Crippen LogP contribution in [0, 0.1) is 11.8 Å². The highest BCUT2D eigenvalue weighted by Crippen LogP contribution is 2.20. The molecule has 11 atom stereocenters. The summed E-state index contributed by atoms with van der Waals surface area (Å²) in [5.74, 6) is -9.09. The molecular weight excluding hydrogens is 1040 g/mol. The molecule has 1 aliphatic heterocycles. The highest BCUT2D eigenvalue weighted by Gasteiger charge is 2.37. The van der Waals surface area contributed by atoms with E-state index >= 15 is 0 Å². The zero-order valence-corrected chi connectivity index (χ0v) is 46.7. The van der Waals surface area contributed by atoms with Crippen LogP contribution in [0.3, 0.4) is 0 Å². The minimum atomic E-state index is -1.66. The fourth-order valence-electron chi connectivity index (χ4n) is 8.68. The highest BCUT2D eigenvalue weighted by molar-refractivity contribution is 5.99. The van der Waals surface area contributed by atoms with Crippen LogP contribution in [0.4, 0.5) is 0 Å². The van der Waals surface area contributed by atoms with Gasteiger partial charge in [0, 0.05) is 6.54 Å². The van der Waals surface area contributed by atoms with Gasteiger partial charge in [-0.2, -0.15) is 0 Å². The van der Waals surface area contributed by atoms with Gasteiger partial charge in [0.1, 0.15) is 54.4 Å². The van der Waals surface area contributed by atoms with Crippen molar-refractivity contribution in [1.82, 2.24) is 53.2 Å². The third kappa shape index (κ3) is 22.2. The van der Waals surface area contributed by atoms with Crippen molar-refractivity contribution in [2.45, 2.75) is 159 Å². The molecule has 0 bridgehead atoms. The Morgan fingerprint density at radius 3 is 1.45 bits per heavy atom. The van der Waals surface area contributed by atoms with Crippen molar-refractivity contribution in [3.8, 4) is 11.1 Å². The van der Waals surface area contributed by atoms with Crippen LogP contribution in [0.1, 0.15) is 92.1 Å². The topological polar surface area (TPSA) is 436 Å². The van der Waals surface area contributed by atoms with E-state index in [2.05, 4.69) is 53.2 Å². The SMILES string of the molecule is CC(C)C[C@@H]1NC(=O)[C@@H](CC(C)C)NC(=O)[C@H](CCN)NC(=O)[C@@H](NC(=O)[C@H](CCN)NC(=O)[C@@H](NC(=O)Cc2ccc(-c3ccccc3)cc2)[C@@H](C)O)CCNC(=O)[C@H]([C@@H](C)O)NC(=O)[C@H](CCN)NC(=O)[C@H](CCN)NC1=O. The number of rotatable bonds is 22. The fraction of sp³-hybridized carbons (Fsp3) is 0.593. The third-order valence-electron chi connectivity index (χ3n) is 13.0. The Labute approximate surface area is 467 Å². The summed E-state index contributed by atoms with van der Waals surface area (Å²) in [5, 5.41) is 47.0. The molecule has 0 radical (unpaired) electrons. The second-order valence-corrected chi connectivity index (χ2v) is 20.8. The van der Waals surface area contributed by atoms with E-state index in [9.17, 15) is 58.2 Å². The van der Waals surface area contributed by atoms with Gasteiger partial charge in [-0.05, 0) is 113 Å². The molecule has 80 heavy (non-hydrogen) atoms. The van der Waals surface area contributed by atoms with Crippen LogP contribution >= 0.6 is 0 Å². The number of amides is 10. The zero-order valence-electron chi connectivity index (χ0n) is 46.7. The number of hydrogen-bond acceptors (Lipinski definition) is 16.